The van der Waals surface area contributed by atoms with Crippen molar-refractivity contribution in [3.05, 3.63) is 40.7 Å². The van der Waals surface area contributed by atoms with Gasteiger partial charge in [-0.05, 0) is 18.2 Å². The van der Waals surface area contributed by atoms with E-state index in [0.717, 1.165) is 12.2 Å². The number of hydrogen-bond acceptors (Lipinski definition) is 6. The molecule has 0 aliphatic heterocycles. The van der Waals surface area contributed by atoms with Crippen molar-refractivity contribution >= 4 is 25.7 Å². The number of ether oxygens (including phenoxy) is 1. The van der Waals surface area contributed by atoms with Gasteiger partial charge in [-0.3, -0.25) is 14.3 Å². The van der Waals surface area contributed by atoms with Gasteiger partial charge in [0, 0.05) is 25.8 Å². The Balaban J connectivity index is 2.23. The first-order chi connectivity index (χ1) is 12.5. The number of anilines is 1. The molecule has 0 saturated carbocycles. The van der Waals surface area contributed by atoms with Crippen LogP contribution in [-0.4, -0.2) is 29.2 Å². The summed E-state index contributed by atoms with van der Waals surface area (Å²) in [5.74, 6) is -0.139. The molecule has 2 aromatic rings. The second-order valence-corrected chi connectivity index (χ2v) is 13.7. The molecule has 0 spiro atoms. The molecule has 2 N–H and O–H groups in total. The lowest BCUT2D eigenvalue weighted by atomic mass is 10.3. The third-order valence-corrected chi connectivity index (χ3v) is 6.34. The van der Waals surface area contributed by atoms with Gasteiger partial charge in [0.15, 0.2) is 5.69 Å². The molecule has 0 aliphatic carbocycles. The fraction of sp³-hybridized carbons (Fsp3) is 0.438. The molecule has 0 radical (unpaired) electrons. The van der Waals surface area contributed by atoms with E-state index in [9.17, 15) is 18.0 Å². The van der Waals surface area contributed by atoms with Crippen LogP contribution in [0.5, 0.6) is 0 Å². The van der Waals surface area contributed by atoms with Crippen molar-refractivity contribution in [1.29, 1.82) is 0 Å². The quantitative estimate of drug-likeness (QED) is 0.545. The van der Waals surface area contributed by atoms with E-state index < -0.39 is 25.5 Å². The number of hydrogen-bond donors (Lipinski definition) is 1. The number of nitrogen functional groups attached to an aromatic ring is 1. The largest absolute Gasteiger partial charge is 0.434 e. The number of nitrogens with two attached hydrogens (primary N) is 1. The van der Waals surface area contributed by atoms with Crippen molar-refractivity contribution in [2.24, 2.45) is 0 Å². The zero-order valence-corrected chi connectivity index (χ0v) is 17.0. The first-order valence-electron chi connectivity index (χ1n) is 8.12. The molecule has 0 amide bonds. The molecule has 0 fully saturated rings. The van der Waals surface area contributed by atoms with Gasteiger partial charge in [-0.2, -0.15) is 13.2 Å². The van der Waals surface area contributed by atoms with Gasteiger partial charge in [0.1, 0.15) is 23.8 Å². The molecule has 0 aromatic carbocycles. The number of nitrogens with zero attached hydrogens (tertiary/aromatic N) is 3. The highest BCUT2D eigenvalue weighted by molar-refractivity contribution is 7.99. The van der Waals surface area contributed by atoms with Crippen LogP contribution in [-0.2, 0) is 17.6 Å². The average Bonchev–Trinajstić information content (AvgIpc) is 2.55. The van der Waals surface area contributed by atoms with Gasteiger partial charge in [0.2, 0.25) is 0 Å². The summed E-state index contributed by atoms with van der Waals surface area (Å²) < 4.78 is 46.0. The van der Waals surface area contributed by atoms with E-state index >= 15 is 0 Å². The lowest BCUT2D eigenvalue weighted by Crippen LogP contribution is -2.26. The van der Waals surface area contributed by atoms with Crippen LogP contribution in [0.3, 0.4) is 0 Å². The van der Waals surface area contributed by atoms with Gasteiger partial charge < -0.3 is 10.5 Å². The van der Waals surface area contributed by atoms with E-state index in [4.69, 9.17) is 10.5 Å². The molecule has 0 atom stereocenters. The number of alkyl halides is 3. The zero-order chi connectivity index (χ0) is 20.2. The van der Waals surface area contributed by atoms with Crippen molar-refractivity contribution in [2.45, 2.75) is 48.4 Å². The maximum Gasteiger partial charge on any atom is 0.434 e. The summed E-state index contributed by atoms with van der Waals surface area (Å²) in [6, 6.07) is 3.53. The monoisotopic (exact) mass is 418 g/mol. The number of aromatic nitrogens is 3. The summed E-state index contributed by atoms with van der Waals surface area (Å²) in [4.78, 5) is 19.6. The van der Waals surface area contributed by atoms with Crippen LogP contribution in [0.25, 0.3) is 0 Å². The van der Waals surface area contributed by atoms with Gasteiger partial charge in [-0.15, -0.1) is 0 Å². The lowest BCUT2D eigenvalue weighted by molar-refractivity contribution is -0.143. The van der Waals surface area contributed by atoms with Crippen molar-refractivity contribution < 1.29 is 17.9 Å². The SMILES string of the molecule is C[Si](C)(C)CCOCn1cnc(N)c(Sc2cccnc2C(F)(F)F)c1=O. The Morgan fingerprint density at radius 3 is 2.63 bits per heavy atom. The summed E-state index contributed by atoms with van der Waals surface area (Å²) in [5.41, 5.74) is 4.10. The van der Waals surface area contributed by atoms with Crippen LogP contribution in [0.2, 0.25) is 25.7 Å². The lowest BCUT2D eigenvalue weighted by Gasteiger charge is -2.16. The predicted molar refractivity (Wildman–Crippen MR) is 100 cm³/mol. The summed E-state index contributed by atoms with van der Waals surface area (Å²) in [6.07, 6.45) is -2.37. The van der Waals surface area contributed by atoms with E-state index in [-0.39, 0.29) is 22.3 Å². The van der Waals surface area contributed by atoms with Gasteiger partial charge in [-0.25, -0.2) is 4.98 Å². The molecule has 6 nitrogen and oxygen atoms in total. The molecule has 0 unspecified atom stereocenters. The third-order valence-electron chi connectivity index (χ3n) is 3.50. The molecular formula is C16H21F3N4O2SSi. The van der Waals surface area contributed by atoms with E-state index in [0.29, 0.717) is 18.4 Å². The van der Waals surface area contributed by atoms with Crippen molar-refractivity contribution in [2.75, 3.05) is 12.3 Å². The molecular weight excluding hydrogens is 397 g/mol. The summed E-state index contributed by atoms with van der Waals surface area (Å²) in [6.45, 7) is 7.07. The molecule has 148 valence electrons. The molecule has 0 aliphatic rings. The Morgan fingerprint density at radius 2 is 2.00 bits per heavy atom. The highest BCUT2D eigenvalue weighted by Gasteiger charge is 2.35. The van der Waals surface area contributed by atoms with E-state index in [2.05, 4.69) is 29.6 Å². The molecule has 0 saturated heterocycles. The van der Waals surface area contributed by atoms with E-state index in [1.165, 1.54) is 23.0 Å². The molecule has 2 heterocycles. The van der Waals surface area contributed by atoms with Crippen LogP contribution in [0.1, 0.15) is 5.69 Å². The molecule has 2 aromatic heterocycles. The van der Waals surface area contributed by atoms with Crippen LogP contribution >= 0.6 is 11.8 Å². The minimum atomic E-state index is -4.64. The maximum absolute atomic E-state index is 13.1. The number of pyridine rings is 1. The molecule has 0 bridgehead atoms. The second kappa shape index (κ2) is 8.44. The van der Waals surface area contributed by atoms with Gasteiger partial charge >= 0.3 is 6.18 Å². The van der Waals surface area contributed by atoms with Crippen molar-refractivity contribution in [3.63, 3.8) is 0 Å². The molecule has 2 rings (SSSR count). The van der Waals surface area contributed by atoms with Gasteiger partial charge in [-0.1, -0.05) is 31.4 Å². The Hall–Kier alpha value is -1.85. The van der Waals surface area contributed by atoms with Crippen LogP contribution in [0.15, 0.2) is 39.2 Å². The second-order valence-electron chi connectivity index (χ2n) is 7.03. The van der Waals surface area contributed by atoms with E-state index in [1.807, 2.05) is 0 Å². The highest BCUT2D eigenvalue weighted by Crippen LogP contribution is 2.38. The van der Waals surface area contributed by atoms with Crippen molar-refractivity contribution in [3.8, 4) is 0 Å². The number of rotatable bonds is 7. The minimum Gasteiger partial charge on any atom is -0.383 e. The van der Waals surface area contributed by atoms with Crippen LogP contribution in [0.4, 0.5) is 19.0 Å². The topological polar surface area (TPSA) is 83.0 Å². The zero-order valence-electron chi connectivity index (χ0n) is 15.2. The smallest absolute Gasteiger partial charge is 0.383 e. The maximum atomic E-state index is 13.1. The van der Waals surface area contributed by atoms with Crippen LogP contribution in [0, 0.1) is 0 Å². The van der Waals surface area contributed by atoms with Gasteiger partial charge in [0.05, 0.1) is 0 Å². The minimum absolute atomic E-state index is 0.0384. The normalized spacial score (nSPS) is 12.4. The molecule has 27 heavy (non-hydrogen) atoms. The Kier molecular flexibility index (Phi) is 6.71. The first-order valence-corrected chi connectivity index (χ1v) is 12.6. The van der Waals surface area contributed by atoms with Crippen LogP contribution < -0.4 is 11.3 Å². The fourth-order valence-electron chi connectivity index (χ4n) is 2.01. The van der Waals surface area contributed by atoms with Gasteiger partial charge in [0.25, 0.3) is 5.56 Å². The predicted octanol–water partition coefficient (Wildman–Crippen LogP) is 3.70. The Morgan fingerprint density at radius 1 is 1.30 bits per heavy atom. The highest BCUT2D eigenvalue weighted by atomic mass is 32.2. The summed E-state index contributed by atoms with van der Waals surface area (Å²) in [7, 11) is -1.27. The average molecular weight is 419 g/mol. The van der Waals surface area contributed by atoms with Crippen molar-refractivity contribution in [1.82, 2.24) is 14.5 Å². The third kappa shape index (κ3) is 6.08. The number of halogens is 3. The molecule has 11 heteroatoms. The summed E-state index contributed by atoms with van der Waals surface area (Å²) >= 11 is 0.600. The standard InChI is InChI=1S/C16H21F3N4O2SSi/c1-27(2,3)8-7-25-10-23-9-22-14(20)12(15(23)24)26-11-5-4-6-21-13(11)16(17,18)19/h4-6,9H,7-8,10,20H2,1-3H3. The van der Waals surface area contributed by atoms with E-state index in [1.54, 1.807) is 0 Å². The Bertz CT molecular complexity index is 853. The fourth-order valence-corrected chi connectivity index (χ4v) is 3.76. The summed E-state index contributed by atoms with van der Waals surface area (Å²) in [5, 5.41) is 0. The first kappa shape index (κ1) is 21.4. The Labute approximate surface area is 160 Å².